The molecule has 2 heteroatoms. The number of fused-ring (bicyclic) bond motifs is 12. The van der Waals surface area contributed by atoms with Gasteiger partial charge in [-0.1, -0.05) is 170 Å². The summed E-state index contributed by atoms with van der Waals surface area (Å²) in [6, 6.07) is 74.6. The molecule has 0 unspecified atom stereocenters. The van der Waals surface area contributed by atoms with Gasteiger partial charge in [0.2, 0.25) is 0 Å². The summed E-state index contributed by atoms with van der Waals surface area (Å²) in [4.78, 5) is 0. The molecule has 0 aliphatic rings. The summed E-state index contributed by atoms with van der Waals surface area (Å²) in [6.07, 6.45) is 0. The molecule has 0 aliphatic carbocycles. The van der Waals surface area contributed by atoms with Gasteiger partial charge in [-0.3, -0.25) is 0 Å². The Balaban J connectivity index is 1.02. The molecule has 2 nitrogen and oxygen atoms in total. The van der Waals surface area contributed by atoms with Crippen molar-refractivity contribution in [1.29, 1.82) is 0 Å². The van der Waals surface area contributed by atoms with E-state index in [-0.39, 0.29) is 0 Å². The van der Waals surface area contributed by atoms with Gasteiger partial charge in [0.1, 0.15) is 22.3 Å². The van der Waals surface area contributed by atoms with E-state index < -0.39 is 0 Å². The quantitative estimate of drug-likeness (QED) is 0.167. The third kappa shape index (κ3) is 4.82. The van der Waals surface area contributed by atoms with Crippen molar-refractivity contribution in [2.24, 2.45) is 0 Å². The van der Waals surface area contributed by atoms with E-state index in [4.69, 9.17) is 8.83 Å². The lowest BCUT2D eigenvalue weighted by atomic mass is 9.83. The predicted molar refractivity (Wildman–Crippen MR) is 253 cm³/mol. The van der Waals surface area contributed by atoms with Crippen LogP contribution in [0, 0.1) is 0 Å². The third-order valence-electron chi connectivity index (χ3n) is 12.7. The number of rotatable bonds is 4. The largest absolute Gasteiger partial charge is 0.456 e. The molecule has 0 fully saturated rings. The maximum atomic E-state index is 6.76. The normalized spacial score (nSPS) is 12.0. The van der Waals surface area contributed by atoms with E-state index in [2.05, 4.69) is 182 Å². The third-order valence-corrected chi connectivity index (χ3v) is 12.7. The highest BCUT2D eigenvalue weighted by Gasteiger charge is 2.21. The first kappa shape index (κ1) is 33.1. The van der Waals surface area contributed by atoms with Crippen molar-refractivity contribution in [2.45, 2.75) is 0 Å². The fraction of sp³-hybridized carbons (Fsp3) is 0. The van der Waals surface area contributed by atoms with Crippen LogP contribution in [0.5, 0.6) is 0 Å². The standard InChI is InChI=1S/C58H34O2/c1-2-13-35(14-3-1)37-15-12-16-39(33-37)54-43-19-6-8-21-45(43)55(46-22-9-7-20-44(46)54)47-30-29-40(41-17-4-5-18-42(41)47)38-26-25-36-27-28-49-57-53(60-58(49)50(36)34-38)32-31-52-56(57)48-23-10-11-24-51(48)59-52/h1-34H. The molecule has 0 atom stereocenters. The average molecular weight is 763 g/mol. The maximum Gasteiger partial charge on any atom is 0.143 e. The van der Waals surface area contributed by atoms with Gasteiger partial charge in [0.25, 0.3) is 0 Å². The number of hydrogen-bond donors (Lipinski definition) is 0. The topological polar surface area (TPSA) is 26.3 Å². The first-order chi connectivity index (χ1) is 29.8. The molecular formula is C58H34O2. The zero-order valence-electron chi connectivity index (χ0n) is 32.4. The van der Waals surface area contributed by atoms with Gasteiger partial charge < -0.3 is 8.83 Å². The van der Waals surface area contributed by atoms with Crippen molar-refractivity contribution in [3.05, 3.63) is 206 Å². The zero-order valence-corrected chi connectivity index (χ0v) is 32.4. The molecule has 0 aliphatic heterocycles. The first-order valence-corrected chi connectivity index (χ1v) is 20.6. The Kier molecular flexibility index (Phi) is 7.05. The molecule has 60 heavy (non-hydrogen) atoms. The summed E-state index contributed by atoms with van der Waals surface area (Å²) < 4.78 is 13.0. The molecule has 0 spiro atoms. The van der Waals surface area contributed by atoms with Crippen LogP contribution in [-0.4, -0.2) is 0 Å². The van der Waals surface area contributed by atoms with E-state index in [1.165, 1.54) is 71.3 Å². The monoisotopic (exact) mass is 762 g/mol. The Hall–Kier alpha value is -7.94. The highest BCUT2D eigenvalue weighted by Crippen LogP contribution is 2.48. The fourth-order valence-electron chi connectivity index (χ4n) is 10.0. The van der Waals surface area contributed by atoms with Crippen molar-refractivity contribution < 1.29 is 8.83 Å². The summed E-state index contributed by atoms with van der Waals surface area (Å²) in [5, 5.41) is 14.1. The molecule has 0 radical (unpaired) electrons. The summed E-state index contributed by atoms with van der Waals surface area (Å²) in [5.41, 5.74) is 13.3. The molecule has 0 saturated carbocycles. The lowest BCUT2D eigenvalue weighted by Crippen LogP contribution is -1.93. The summed E-state index contributed by atoms with van der Waals surface area (Å²) in [7, 11) is 0. The van der Waals surface area contributed by atoms with Gasteiger partial charge in [-0.2, -0.15) is 0 Å². The summed E-state index contributed by atoms with van der Waals surface area (Å²) in [6.45, 7) is 0. The predicted octanol–water partition coefficient (Wildman–Crippen LogP) is 16.8. The van der Waals surface area contributed by atoms with Gasteiger partial charge in [-0.25, -0.2) is 0 Å². The van der Waals surface area contributed by atoms with Crippen LogP contribution in [0.1, 0.15) is 0 Å². The lowest BCUT2D eigenvalue weighted by Gasteiger charge is -2.20. The van der Waals surface area contributed by atoms with Gasteiger partial charge in [-0.05, 0) is 119 Å². The number of furan rings is 2. The van der Waals surface area contributed by atoms with Crippen LogP contribution in [0.25, 0.3) is 131 Å². The average Bonchev–Trinajstić information content (AvgIpc) is 3.89. The van der Waals surface area contributed by atoms with E-state index >= 15 is 0 Å². The fourth-order valence-corrected chi connectivity index (χ4v) is 10.0. The number of benzene rings is 11. The van der Waals surface area contributed by atoms with Crippen molar-refractivity contribution >= 4 is 87.0 Å². The van der Waals surface area contributed by atoms with Crippen LogP contribution >= 0.6 is 0 Å². The van der Waals surface area contributed by atoms with Crippen molar-refractivity contribution in [3.8, 4) is 44.5 Å². The molecule has 0 amide bonds. The Morgan fingerprint density at radius 2 is 0.800 bits per heavy atom. The van der Waals surface area contributed by atoms with E-state index in [1.807, 2.05) is 24.3 Å². The SMILES string of the molecule is c1ccc(-c2cccc(-c3c4ccccc4c(-c4ccc(-c5ccc6ccc7c(oc8ccc9oc%10ccccc%10c9c87)c6c5)c5ccccc45)c4ccccc34)c2)cc1. The minimum atomic E-state index is 0.867. The zero-order chi connectivity index (χ0) is 39.3. The minimum Gasteiger partial charge on any atom is -0.456 e. The molecule has 278 valence electrons. The van der Waals surface area contributed by atoms with E-state index in [0.717, 1.165) is 60.2 Å². The Labute approximate surface area is 345 Å². The highest BCUT2D eigenvalue weighted by atomic mass is 16.3. The van der Waals surface area contributed by atoms with Crippen LogP contribution in [0.4, 0.5) is 0 Å². The van der Waals surface area contributed by atoms with E-state index in [0.29, 0.717) is 0 Å². The van der Waals surface area contributed by atoms with Gasteiger partial charge in [0.15, 0.2) is 0 Å². The van der Waals surface area contributed by atoms with E-state index in [9.17, 15) is 0 Å². The molecule has 2 aromatic heterocycles. The summed E-state index contributed by atoms with van der Waals surface area (Å²) in [5.74, 6) is 0. The van der Waals surface area contributed by atoms with Gasteiger partial charge in [0.05, 0.1) is 0 Å². The molecule has 0 N–H and O–H groups in total. The van der Waals surface area contributed by atoms with Gasteiger partial charge in [-0.15, -0.1) is 0 Å². The van der Waals surface area contributed by atoms with Crippen LogP contribution in [0.2, 0.25) is 0 Å². The molecule has 13 rings (SSSR count). The smallest absolute Gasteiger partial charge is 0.143 e. The molecule has 2 heterocycles. The molecule has 0 bridgehead atoms. The Morgan fingerprint density at radius 1 is 0.250 bits per heavy atom. The second-order valence-corrected chi connectivity index (χ2v) is 15.9. The lowest BCUT2D eigenvalue weighted by molar-refractivity contribution is 0.664. The molecule has 0 saturated heterocycles. The van der Waals surface area contributed by atoms with Crippen LogP contribution < -0.4 is 0 Å². The van der Waals surface area contributed by atoms with E-state index in [1.54, 1.807) is 0 Å². The molecule has 11 aromatic carbocycles. The van der Waals surface area contributed by atoms with Crippen molar-refractivity contribution in [3.63, 3.8) is 0 Å². The van der Waals surface area contributed by atoms with Gasteiger partial charge >= 0.3 is 0 Å². The molecule has 13 aromatic rings. The van der Waals surface area contributed by atoms with Gasteiger partial charge in [0, 0.05) is 26.9 Å². The number of hydrogen-bond acceptors (Lipinski definition) is 2. The minimum absolute atomic E-state index is 0.867. The highest BCUT2D eigenvalue weighted by molar-refractivity contribution is 6.29. The van der Waals surface area contributed by atoms with Crippen LogP contribution in [-0.2, 0) is 0 Å². The second-order valence-electron chi connectivity index (χ2n) is 15.9. The van der Waals surface area contributed by atoms with Crippen LogP contribution in [0.3, 0.4) is 0 Å². The summed E-state index contributed by atoms with van der Waals surface area (Å²) >= 11 is 0. The first-order valence-electron chi connectivity index (χ1n) is 20.6. The maximum absolute atomic E-state index is 6.76. The second kappa shape index (κ2) is 12.8. The number of para-hydroxylation sites is 1. The van der Waals surface area contributed by atoms with Crippen LogP contribution in [0.15, 0.2) is 215 Å². The Bertz CT molecular complexity index is 3830. The molecular weight excluding hydrogens is 729 g/mol. The van der Waals surface area contributed by atoms with Crippen molar-refractivity contribution in [1.82, 2.24) is 0 Å². The Morgan fingerprint density at radius 3 is 1.55 bits per heavy atom. The van der Waals surface area contributed by atoms with Crippen molar-refractivity contribution in [2.75, 3.05) is 0 Å².